The van der Waals surface area contributed by atoms with E-state index in [2.05, 4.69) is 30.8 Å². The second-order valence-corrected chi connectivity index (χ2v) is 9.45. The quantitative estimate of drug-likeness (QED) is 0.641. The van der Waals surface area contributed by atoms with E-state index in [1.54, 1.807) is 12.1 Å². The summed E-state index contributed by atoms with van der Waals surface area (Å²) in [7, 11) is 0.280. The molecule has 0 atom stereocenters. The minimum absolute atomic E-state index is 0.0464. The van der Waals surface area contributed by atoms with Crippen molar-refractivity contribution in [2.45, 2.75) is 31.2 Å². The number of benzene rings is 2. The maximum absolute atomic E-state index is 12.8. The fourth-order valence-corrected chi connectivity index (χ4v) is 4.05. The Balaban J connectivity index is 2.00. The first-order valence-electron chi connectivity index (χ1n) is 9.13. The van der Waals surface area contributed by atoms with Crippen molar-refractivity contribution in [3.63, 3.8) is 0 Å². The van der Waals surface area contributed by atoms with Gasteiger partial charge in [-0.05, 0) is 32.9 Å². The Hall–Kier alpha value is -1.67. The molecule has 2 aromatic carbocycles. The molecule has 2 rings (SSSR count). The van der Waals surface area contributed by atoms with Crippen LogP contribution >= 0.6 is 0 Å². The second kappa shape index (κ2) is 9.01. The van der Waals surface area contributed by atoms with Crippen molar-refractivity contribution >= 4 is 26.5 Å². The molecule has 0 saturated heterocycles. The third-order valence-corrected chi connectivity index (χ3v) is 5.59. The standard InChI is InChI=1S/C20H31N3O3S/c1-20(2,3)21-12-14-26-15-13-22-27(24,25)19-11-7-8-16-17(19)9-6-10-18(16)23(4)5/h6-11,21-22H,12-15H2,1-5H3. The van der Waals surface area contributed by atoms with E-state index < -0.39 is 10.0 Å². The number of ether oxygens (including phenoxy) is 1. The van der Waals surface area contributed by atoms with Gasteiger partial charge < -0.3 is 15.0 Å². The highest BCUT2D eigenvalue weighted by Crippen LogP contribution is 2.29. The SMILES string of the molecule is CN(C)c1cccc2c(S(=O)(=O)NCCOCCNC(C)(C)C)cccc12. The molecule has 0 amide bonds. The van der Waals surface area contributed by atoms with Crippen LogP contribution in [0.15, 0.2) is 41.3 Å². The number of hydrogen-bond donors (Lipinski definition) is 2. The lowest BCUT2D eigenvalue weighted by Gasteiger charge is -2.20. The lowest BCUT2D eigenvalue weighted by atomic mass is 10.1. The molecule has 0 heterocycles. The van der Waals surface area contributed by atoms with E-state index in [-0.39, 0.29) is 17.0 Å². The zero-order valence-corrected chi connectivity index (χ0v) is 17.7. The first-order chi connectivity index (χ1) is 12.6. The molecule has 0 aliphatic rings. The third-order valence-electron chi connectivity index (χ3n) is 4.07. The van der Waals surface area contributed by atoms with E-state index in [1.165, 1.54) is 0 Å². The zero-order chi connectivity index (χ0) is 20.1. The highest BCUT2D eigenvalue weighted by Gasteiger charge is 2.18. The van der Waals surface area contributed by atoms with Crippen LogP contribution in [0.25, 0.3) is 10.8 Å². The summed E-state index contributed by atoms with van der Waals surface area (Å²) < 4.78 is 33.6. The molecule has 0 radical (unpaired) electrons. The molecule has 7 heteroatoms. The molecule has 0 fully saturated rings. The molecule has 2 N–H and O–H groups in total. The fraction of sp³-hybridized carbons (Fsp3) is 0.500. The van der Waals surface area contributed by atoms with E-state index in [0.29, 0.717) is 18.6 Å². The Morgan fingerprint density at radius 2 is 1.59 bits per heavy atom. The molecule has 2 aromatic rings. The Labute approximate surface area is 162 Å². The second-order valence-electron chi connectivity index (χ2n) is 7.71. The third kappa shape index (κ3) is 6.17. The number of fused-ring (bicyclic) bond motifs is 1. The van der Waals surface area contributed by atoms with Gasteiger partial charge in [0, 0.05) is 49.2 Å². The van der Waals surface area contributed by atoms with Gasteiger partial charge in [0.05, 0.1) is 18.1 Å². The van der Waals surface area contributed by atoms with Gasteiger partial charge in [0.1, 0.15) is 0 Å². The highest BCUT2D eigenvalue weighted by molar-refractivity contribution is 7.89. The van der Waals surface area contributed by atoms with Crippen molar-refractivity contribution < 1.29 is 13.2 Å². The molecule has 6 nitrogen and oxygen atoms in total. The molecule has 0 aromatic heterocycles. The Morgan fingerprint density at radius 1 is 0.963 bits per heavy atom. The van der Waals surface area contributed by atoms with Crippen molar-refractivity contribution in [1.29, 1.82) is 0 Å². The average molecular weight is 394 g/mol. The number of sulfonamides is 1. The Bertz CT molecular complexity index is 858. The predicted molar refractivity (Wildman–Crippen MR) is 112 cm³/mol. The van der Waals surface area contributed by atoms with Crippen LogP contribution in [0.2, 0.25) is 0 Å². The maximum Gasteiger partial charge on any atom is 0.241 e. The molecular formula is C20H31N3O3S. The van der Waals surface area contributed by atoms with Gasteiger partial charge in [-0.15, -0.1) is 0 Å². The van der Waals surface area contributed by atoms with Gasteiger partial charge in [0.15, 0.2) is 0 Å². The summed E-state index contributed by atoms with van der Waals surface area (Å²) >= 11 is 0. The van der Waals surface area contributed by atoms with E-state index in [4.69, 9.17) is 4.74 Å². The predicted octanol–water partition coefficient (Wildman–Crippen LogP) is 2.59. The topological polar surface area (TPSA) is 70.7 Å². The molecule has 0 aliphatic carbocycles. The van der Waals surface area contributed by atoms with Gasteiger partial charge in [-0.25, -0.2) is 13.1 Å². The van der Waals surface area contributed by atoms with Gasteiger partial charge in [0.25, 0.3) is 0 Å². The monoisotopic (exact) mass is 393 g/mol. The number of nitrogens with one attached hydrogen (secondary N) is 2. The first-order valence-corrected chi connectivity index (χ1v) is 10.6. The maximum atomic E-state index is 12.8. The van der Waals surface area contributed by atoms with Crippen molar-refractivity contribution in [1.82, 2.24) is 10.0 Å². The molecule has 27 heavy (non-hydrogen) atoms. The number of hydrogen-bond acceptors (Lipinski definition) is 5. The first kappa shape index (κ1) is 21.6. The normalized spacial score (nSPS) is 12.5. The number of anilines is 1. The molecule has 150 valence electrons. The summed E-state index contributed by atoms with van der Waals surface area (Å²) in [6.45, 7) is 8.11. The van der Waals surface area contributed by atoms with E-state index in [1.807, 2.05) is 43.3 Å². The van der Waals surface area contributed by atoms with Gasteiger partial charge in [-0.3, -0.25) is 0 Å². The average Bonchev–Trinajstić information content (AvgIpc) is 2.58. The molecule has 0 spiro atoms. The van der Waals surface area contributed by atoms with Crippen LogP contribution in [0.4, 0.5) is 5.69 Å². The highest BCUT2D eigenvalue weighted by atomic mass is 32.2. The van der Waals surface area contributed by atoms with E-state index in [0.717, 1.165) is 17.6 Å². The largest absolute Gasteiger partial charge is 0.379 e. The van der Waals surface area contributed by atoms with Crippen molar-refractivity contribution in [2.24, 2.45) is 0 Å². The number of nitrogens with zero attached hydrogens (tertiary/aromatic N) is 1. The molecule has 0 bridgehead atoms. The Morgan fingerprint density at radius 3 is 2.26 bits per heavy atom. The minimum atomic E-state index is -3.61. The van der Waals surface area contributed by atoms with Crippen molar-refractivity contribution in [2.75, 3.05) is 45.3 Å². The van der Waals surface area contributed by atoms with Crippen LogP contribution in [-0.4, -0.2) is 54.4 Å². The zero-order valence-electron chi connectivity index (χ0n) is 16.9. The van der Waals surface area contributed by atoms with Gasteiger partial charge in [-0.1, -0.05) is 24.3 Å². The van der Waals surface area contributed by atoms with Crippen LogP contribution in [0.3, 0.4) is 0 Å². The van der Waals surface area contributed by atoms with Gasteiger partial charge in [-0.2, -0.15) is 0 Å². The van der Waals surface area contributed by atoms with Crippen LogP contribution in [-0.2, 0) is 14.8 Å². The van der Waals surface area contributed by atoms with Crippen LogP contribution in [0.5, 0.6) is 0 Å². The lowest BCUT2D eigenvalue weighted by Crippen LogP contribution is -2.38. The summed E-state index contributed by atoms with van der Waals surface area (Å²) in [4.78, 5) is 2.27. The summed E-state index contributed by atoms with van der Waals surface area (Å²) in [6.07, 6.45) is 0. The summed E-state index contributed by atoms with van der Waals surface area (Å²) in [5.74, 6) is 0. The van der Waals surface area contributed by atoms with E-state index in [9.17, 15) is 8.42 Å². The summed E-state index contributed by atoms with van der Waals surface area (Å²) in [5.41, 5.74) is 1.03. The lowest BCUT2D eigenvalue weighted by molar-refractivity contribution is 0.136. The summed E-state index contributed by atoms with van der Waals surface area (Å²) in [5, 5.41) is 4.95. The van der Waals surface area contributed by atoms with Crippen molar-refractivity contribution in [3.05, 3.63) is 36.4 Å². The van der Waals surface area contributed by atoms with Crippen molar-refractivity contribution in [3.8, 4) is 0 Å². The van der Waals surface area contributed by atoms with Gasteiger partial charge >= 0.3 is 0 Å². The van der Waals surface area contributed by atoms with E-state index >= 15 is 0 Å². The van der Waals surface area contributed by atoms with Crippen LogP contribution in [0.1, 0.15) is 20.8 Å². The number of rotatable bonds is 9. The smallest absolute Gasteiger partial charge is 0.241 e. The fourth-order valence-electron chi connectivity index (χ4n) is 2.82. The van der Waals surface area contributed by atoms with Crippen LogP contribution < -0.4 is 14.9 Å². The Kier molecular flexibility index (Phi) is 7.22. The molecule has 0 saturated carbocycles. The molecular weight excluding hydrogens is 362 g/mol. The molecule has 0 aliphatic heterocycles. The summed E-state index contributed by atoms with van der Waals surface area (Å²) in [6, 6.07) is 11.0. The van der Waals surface area contributed by atoms with Crippen LogP contribution in [0, 0.1) is 0 Å². The molecule has 0 unspecified atom stereocenters. The minimum Gasteiger partial charge on any atom is -0.379 e. The van der Waals surface area contributed by atoms with Gasteiger partial charge in [0.2, 0.25) is 10.0 Å².